The molecule has 0 fully saturated rings. The molecule has 0 saturated carbocycles. The van der Waals surface area contributed by atoms with Crippen LogP contribution < -0.4 is 4.74 Å². The minimum absolute atomic E-state index is 0.118. The lowest BCUT2D eigenvalue weighted by molar-refractivity contribution is -0.274. The Morgan fingerprint density at radius 1 is 1.05 bits per heavy atom. The maximum absolute atomic E-state index is 12.0. The van der Waals surface area contributed by atoms with E-state index in [2.05, 4.69) is 9.89 Å². The molecular weight excluding hydrogens is 319 g/mol. The number of nitrogens with zero attached hydrogens (tertiary/aromatic N) is 1. The topological polar surface area (TPSA) is 30.8 Å². The van der Waals surface area contributed by atoms with Crippen molar-refractivity contribution in [1.82, 2.24) is 0 Å². The van der Waals surface area contributed by atoms with Crippen molar-refractivity contribution >= 4 is 17.8 Å². The van der Waals surface area contributed by atoms with Crippen molar-refractivity contribution in [3.63, 3.8) is 0 Å². The third kappa shape index (κ3) is 5.29. The number of hydrogen-bond acceptors (Lipinski definition) is 3. The van der Waals surface area contributed by atoms with E-state index < -0.39 is 6.36 Å². The molecule has 2 aromatic rings. The molecular formula is C15H11ClF3NO2. The largest absolute Gasteiger partial charge is 0.573 e. The van der Waals surface area contributed by atoms with Crippen LogP contribution in [0.25, 0.3) is 0 Å². The lowest BCUT2D eigenvalue weighted by Gasteiger charge is -2.08. The number of benzene rings is 2. The van der Waals surface area contributed by atoms with E-state index >= 15 is 0 Å². The highest BCUT2D eigenvalue weighted by atomic mass is 35.5. The first-order valence-corrected chi connectivity index (χ1v) is 6.56. The molecule has 0 heterocycles. The molecule has 2 aromatic carbocycles. The summed E-state index contributed by atoms with van der Waals surface area (Å²) in [5, 5.41) is 4.30. The van der Waals surface area contributed by atoms with Gasteiger partial charge in [-0.25, -0.2) is 0 Å². The number of alkyl halides is 3. The van der Waals surface area contributed by atoms with Crippen LogP contribution in [0.3, 0.4) is 0 Å². The molecule has 3 nitrogen and oxygen atoms in total. The second-order valence-corrected chi connectivity index (χ2v) is 4.63. The molecule has 7 heteroatoms. The van der Waals surface area contributed by atoms with Crippen molar-refractivity contribution in [2.75, 3.05) is 0 Å². The smallest absolute Gasteiger partial charge is 0.406 e. The summed E-state index contributed by atoms with van der Waals surface area (Å²) < 4.78 is 39.8. The van der Waals surface area contributed by atoms with Gasteiger partial charge < -0.3 is 9.57 Å². The van der Waals surface area contributed by atoms with Crippen LogP contribution in [0.1, 0.15) is 11.1 Å². The molecule has 0 bridgehead atoms. The summed E-state index contributed by atoms with van der Waals surface area (Å²) in [6.07, 6.45) is -3.24. The summed E-state index contributed by atoms with van der Waals surface area (Å²) in [5.41, 5.74) is 1.36. The maximum atomic E-state index is 12.0. The zero-order chi connectivity index (χ0) is 16.0. The first kappa shape index (κ1) is 16.2. The summed E-state index contributed by atoms with van der Waals surface area (Å²) in [7, 11) is 0. The van der Waals surface area contributed by atoms with E-state index in [0.29, 0.717) is 16.1 Å². The van der Waals surface area contributed by atoms with Gasteiger partial charge in [0.15, 0.2) is 0 Å². The van der Waals surface area contributed by atoms with Gasteiger partial charge in [0.2, 0.25) is 0 Å². The van der Waals surface area contributed by atoms with Gasteiger partial charge in [0.1, 0.15) is 12.4 Å². The first-order valence-electron chi connectivity index (χ1n) is 6.18. The van der Waals surface area contributed by atoms with Crippen LogP contribution in [0.15, 0.2) is 53.7 Å². The van der Waals surface area contributed by atoms with Crippen LogP contribution in [-0.2, 0) is 11.4 Å². The van der Waals surface area contributed by atoms with Crippen LogP contribution in [0.4, 0.5) is 13.2 Å². The van der Waals surface area contributed by atoms with Gasteiger partial charge in [0, 0.05) is 10.6 Å². The standard InChI is InChI=1S/C15H11ClF3NO2/c16-14-4-2-1-3-12(14)9-20-21-10-11-5-7-13(8-6-11)22-15(17,18)19/h1-9H,10H2. The van der Waals surface area contributed by atoms with Crippen molar-refractivity contribution in [3.8, 4) is 5.75 Å². The van der Waals surface area contributed by atoms with E-state index in [-0.39, 0.29) is 12.4 Å². The van der Waals surface area contributed by atoms with Crippen molar-refractivity contribution in [1.29, 1.82) is 0 Å². The first-order chi connectivity index (χ1) is 10.4. The summed E-state index contributed by atoms with van der Waals surface area (Å²) in [6.45, 7) is 0.118. The van der Waals surface area contributed by atoms with Crippen molar-refractivity contribution in [2.24, 2.45) is 5.16 Å². The Balaban J connectivity index is 1.86. The van der Waals surface area contributed by atoms with Gasteiger partial charge in [-0.2, -0.15) is 0 Å². The van der Waals surface area contributed by atoms with Crippen molar-refractivity contribution in [3.05, 3.63) is 64.7 Å². The third-order valence-corrected chi connectivity index (χ3v) is 2.90. The molecule has 0 unspecified atom stereocenters. The second-order valence-electron chi connectivity index (χ2n) is 4.22. The number of oxime groups is 1. The molecule has 0 saturated heterocycles. The molecule has 0 aliphatic rings. The van der Waals surface area contributed by atoms with E-state index in [1.54, 1.807) is 18.2 Å². The Labute approximate surface area is 129 Å². The fourth-order valence-corrected chi connectivity index (χ4v) is 1.76. The van der Waals surface area contributed by atoms with Gasteiger partial charge in [0.25, 0.3) is 0 Å². The highest BCUT2D eigenvalue weighted by Crippen LogP contribution is 2.22. The molecule has 0 spiro atoms. The second kappa shape index (κ2) is 7.17. The molecule has 116 valence electrons. The quantitative estimate of drug-likeness (QED) is 0.583. The van der Waals surface area contributed by atoms with Gasteiger partial charge in [-0.05, 0) is 23.8 Å². The van der Waals surface area contributed by atoms with E-state index in [9.17, 15) is 13.2 Å². The Kier molecular flexibility index (Phi) is 5.27. The van der Waals surface area contributed by atoms with Crippen molar-refractivity contribution < 1.29 is 22.7 Å². The number of ether oxygens (including phenoxy) is 1. The van der Waals surface area contributed by atoms with Gasteiger partial charge >= 0.3 is 6.36 Å². The monoisotopic (exact) mass is 329 g/mol. The summed E-state index contributed by atoms with van der Waals surface area (Å²) in [6, 6.07) is 12.5. The zero-order valence-corrected chi connectivity index (χ0v) is 11.9. The lowest BCUT2D eigenvalue weighted by Crippen LogP contribution is -2.17. The summed E-state index contributed by atoms with van der Waals surface area (Å²) >= 11 is 5.94. The van der Waals surface area contributed by atoms with E-state index in [0.717, 1.165) is 0 Å². The number of halogens is 4. The van der Waals surface area contributed by atoms with Crippen LogP contribution in [0, 0.1) is 0 Å². The number of hydrogen-bond donors (Lipinski definition) is 0. The molecule has 0 radical (unpaired) electrons. The van der Waals surface area contributed by atoms with Gasteiger partial charge in [-0.1, -0.05) is 47.1 Å². The Morgan fingerprint density at radius 3 is 2.36 bits per heavy atom. The molecule has 0 amide bonds. The van der Waals surface area contributed by atoms with Crippen LogP contribution >= 0.6 is 11.6 Å². The Morgan fingerprint density at radius 2 is 1.73 bits per heavy atom. The normalized spacial score (nSPS) is 11.6. The van der Waals surface area contributed by atoms with Crippen LogP contribution in [0.5, 0.6) is 5.75 Å². The molecule has 0 aromatic heterocycles. The maximum Gasteiger partial charge on any atom is 0.573 e. The predicted octanol–water partition coefficient (Wildman–Crippen LogP) is 4.79. The fourth-order valence-electron chi connectivity index (χ4n) is 1.57. The average molecular weight is 330 g/mol. The van der Waals surface area contributed by atoms with Gasteiger partial charge in [0.05, 0.1) is 6.21 Å². The fraction of sp³-hybridized carbons (Fsp3) is 0.133. The molecule has 22 heavy (non-hydrogen) atoms. The van der Waals surface area contributed by atoms with E-state index in [4.69, 9.17) is 16.4 Å². The lowest BCUT2D eigenvalue weighted by atomic mass is 10.2. The van der Waals surface area contributed by atoms with E-state index in [1.807, 2.05) is 6.07 Å². The number of rotatable bonds is 5. The SMILES string of the molecule is FC(F)(F)Oc1ccc(CON=Cc2ccccc2Cl)cc1. The molecule has 0 aliphatic heterocycles. The highest BCUT2D eigenvalue weighted by Gasteiger charge is 2.30. The minimum Gasteiger partial charge on any atom is -0.406 e. The third-order valence-electron chi connectivity index (χ3n) is 2.56. The minimum atomic E-state index is -4.70. The Hall–Kier alpha value is -2.21. The van der Waals surface area contributed by atoms with Crippen LogP contribution in [0.2, 0.25) is 5.02 Å². The molecule has 2 rings (SSSR count). The van der Waals surface area contributed by atoms with Crippen molar-refractivity contribution in [2.45, 2.75) is 13.0 Å². The van der Waals surface area contributed by atoms with Crippen LogP contribution in [-0.4, -0.2) is 12.6 Å². The highest BCUT2D eigenvalue weighted by molar-refractivity contribution is 6.33. The summed E-state index contributed by atoms with van der Waals surface area (Å²) in [5.74, 6) is -0.282. The van der Waals surface area contributed by atoms with Gasteiger partial charge in [-0.3, -0.25) is 0 Å². The molecule has 0 N–H and O–H groups in total. The summed E-state index contributed by atoms with van der Waals surface area (Å²) in [4.78, 5) is 5.07. The molecule has 0 atom stereocenters. The average Bonchev–Trinajstić information content (AvgIpc) is 2.45. The van der Waals surface area contributed by atoms with E-state index in [1.165, 1.54) is 30.5 Å². The molecule has 0 aliphatic carbocycles. The zero-order valence-electron chi connectivity index (χ0n) is 11.2. The van der Waals surface area contributed by atoms with Gasteiger partial charge in [-0.15, -0.1) is 13.2 Å². The Bertz CT molecular complexity index is 642. The predicted molar refractivity (Wildman–Crippen MR) is 77.0 cm³/mol.